The highest BCUT2D eigenvalue weighted by Gasteiger charge is 2.09. The van der Waals surface area contributed by atoms with Crippen LogP contribution in [-0.4, -0.2) is 23.8 Å². The minimum absolute atomic E-state index is 0.0288. The van der Waals surface area contributed by atoms with E-state index in [2.05, 4.69) is 6.58 Å². The molecule has 0 rings (SSSR count). The van der Waals surface area contributed by atoms with Crippen LogP contribution in [0.3, 0.4) is 0 Å². The minimum Gasteiger partial charge on any atom is -0.462 e. The van der Waals surface area contributed by atoms with Gasteiger partial charge in [-0.05, 0) is 6.92 Å². The molecule has 64 valence electrons. The molecule has 2 unspecified atom stereocenters. The second-order valence-corrected chi connectivity index (χ2v) is 2.55. The Labute approximate surface area is 66.7 Å². The molecule has 0 bridgehead atoms. The number of ether oxygens (including phenoxy) is 1. The summed E-state index contributed by atoms with van der Waals surface area (Å²) in [5.74, 6) is -0.476. The lowest BCUT2D eigenvalue weighted by molar-refractivity contribution is -0.139. The molecule has 0 saturated heterocycles. The first-order valence-corrected chi connectivity index (χ1v) is 3.55. The highest BCUT2D eigenvalue weighted by molar-refractivity contribution is 5.81. The lowest BCUT2D eigenvalue weighted by Gasteiger charge is -2.13. The van der Waals surface area contributed by atoms with Gasteiger partial charge in [0.2, 0.25) is 0 Å². The standard InChI is InChI=1S/C8H14O3/c1-4-8(10)11-5-6(2)7(3)9/h4,6-7,9H,1,5H2,2-3H3. The monoisotopic (exact) mass is 158 g/mol. The quantitative estimate of drug-likeness (QED) is 0.484. The van der Waals surface area contributed by atoms with Gasteiger partial charge >= 0.3 is 5.97 Å². The fourth-order valence-corrected chi connectivity index (χ4v) is 0.412. The number of carbonyl (C=O) groups excluding carboxylic acids is 1. The maximum absolute atomic E-state index is 10.5. The molecule has 1 N–H and O–H groups in total. The molecule has 3 heteroatoms. The Kier molecular flexibility index (Phi) is 4.54. The van der Waals surface area contributed by atoms with Gasteiger partial charge in [0.15, 0.2) is 0 Å². The van der Waals surface area contributed by atoms with Crippen molar-refractivity contribution in [2.45, 2.75) is 20.0 Å². The van der Waals surface area contributed by atoms with E-state index in [1.165, 1.54) is 0 Å². The van der Waals surface area contributed by atoms with Crippen LogP contribution in [0.1, 0.15) is 13.8 Å². The third kappa shape index (κ3) is 4.56. The van der Waals surface area contributed by atoms with Gasteiger partial charge in [0.1, 0.15) is 0 Å². The molecular formula is C8H14O3. The molecule has 0 aliphatic carbocycles. The van der Waals surface area contributed by atoms with E-state index in [9.17, 15) is 4.79 Å². The van der Waals surface area contributed by atoms with Crippen LogP contribution in [0.4, 0.5) is 0 Å². The van der Waals surface area contributed by atoms with E-state index in [0.29, 0.717) is 0 Å². The summed E-state index contributed by atoms with van der Waals surface area (Å²) in [6.07, 6.45) is 0.655. The molecule has 2 atom stereocenters. The Bertz CT molecular complexity index is 140. The van der Waals surface area contributed by atoms with E-state index in [1.807, 2.05) is 0 Å². The average Bonchev–Trinajstić information content (AvgIpc) is 1.99. The fraction of sp³-hybridized carbons (Fsp3) is 0.625. The molecule has 0 saturated carbocycles. The molecule has 0 amide bonds. The zero-order valence-corrected chi connectivity index (χ0v) is 6.91. The second kappa shape index (κ2) is 4.91. The van der Waals surface area contributed by atoms with Crippen molar-refractivity contribution in [3.8, 4) is 0 Å². The van der Waals surface area contributed by atoms with Crippen LogP contribution < -0.4 is 0 Å². The normalized spacial score (nSPS) is 15.2. The van der Waals surface area contributed by atoms with E-state index >= 15 is 0 Å². The number of aliphatic hydroxyl groups excluding tert-OH is 1. The van der Waals surface area contributed by atoms with Crippen molar-refractivity contribution >= 4 is 5.97 Å². The summed E-state index contributed by atoms with van der Waals surface area (Å²) < 4.78 is 4.70. The molecule has 0 aromatic heterocycles. The summed E-state index contributed by atoms with van der Waals surface area (Å²) in [7, 11) is 0. The highest BCUT2D eigenvalue weighted by atomic mass is 16.5. The highest BCUT2D eigenvalue weighted by Crippen LogP contribution is 2.02. The van der Waals surface area contributed by atoms with Crippen molar-refractivity contribution in [3.05, 3.63) is 12.7 Å². The summed E-state index contributed by atoms with van der Waals surface area (Å²) in [6, 6.07) is 0. The smallest absolute Gasteiger partial charge is 0.330 e. The Hall–Kier alpha value is -0.830. The molecule has 0 aliphatic rings. The summed E-state index contributed by atoms with van der Waals surface area (Å²) in [6.45, 7) is 6.95. The Balaban J connectivity index is 3.53. The second-order valence-electron chi connectivity index (χ2n) is 2.55. The van der Waals surface area contributed by atoms with Crippen molar-refractivity contribution in [1.82, 2.24) is 0 Å². The van der Waals surface area contributed by atoms with Crippen LogP contribution in [0.25, 0.3) is 0 Å². The van der Waals surface area contributed by atoms with Gasteiger partial charge in [-0.1, -0.05) is 13.5 Å². The Morgan fingerprint density at radius 2 is 2.27 bits per heavy atom. The molecule has 0 aromatic carbocycles. The Morgan fingerprint density at radius 3 is 2.64 bits per heavy atom. The average molecular weight is 158 g/mol. The van der Waals surface area contributed by atoms with Crippen LogP contribution in [0.2, 0.25) is 0 Å². The van der Waals surface area contributed by atoms with Crippen LogP contribution in [0, 0.1) is 5.92 Å². The van der Waals surface area contributed by atoms with E-state index in [1.54, 1.807) is 13.8 Å². The number of carbonyl (C=O) groups is 1. The number of hydrogen-bond acceptors (Lipinski definition) is 3. The lowest BCUT2D eigenvalue weighted by atomic mass is 10.1. The predicted octanol–water partition coefficient (Wildman–Crippen LogP) is 0.732. The lowest BCUT2D eigenvalue weighted by Crippen LogP contribution is -2.20. The van der Waals surface area contributed by atoms with Gasteiger partial charge in [-0.2, -0.15) is 0 Å². The van der Waals surface area contributed by atoms with Gasteiger partial charge in [0.25, 0.3) is 0 Å². The van der Waals surface area contributed by atoms with Crippen molar-refractivity contribution < 1.29 is 14.6 Å². The van der Waals surface area contributed by atoms with Crippen molar-refractivity contribution in [2.75, 3.05) is 6.61 Å². The van der Waals surface area contributed by atoms with Gasteiger partial charge in [0, 0.05) is 12.0 Å². The van der Waals surface area contributed by atoms with Crippen molar-refractivity contribution in [1.29, 1.82) is 0 Å². The first kappa shape index (κ1) is 10.2. The number of hydrogen-bond donors (Lipinski definition) is 1. The van der Waals surface area contributed by atoms with E-state index in [-0.39, 0.29) is 12.5 Å². The first-order chi connectivity index (χ1) is 5.07. The number of rotatable bonds is 4. The van der Waals surface area contributed by atoms with Crippen LogP contribution in [-0.2, 0) is 9.53 Å². The van der Waals surface area contributed by atoms with Gasteiger partial charge in [-0.3, -0.25) is 0 Å². The summed E-state index contributed by atoms with van der Waals surface area (Å²) >= 11 is 0. The van der Waals surface area contributed by atoms with Crippen LogP contribution in [0.15, 0.2) is 12.7 Å². The Morgan fingerprint density at radius 1 is 1.73 bits per heavy atom. The van der Waals surface area contributed by atoms with Crippen molar-refractivity contribution in [2.24, 2.45) is 5.92 Å². The molecule has 0 heterocycles. The maximum atomic E-state index is 10.5. The van der Waals surface area contributed by atoms with Gasteiger partial charge in [0.05, 0.1) is 12.7 Å². The van der Waals surface area contributed by atoms with E-state index in [0.717, 1.165) is 6.08 Å². The van der Waals surface area contributed by atoms with E-state index < -0.39 is 12.1 Å². The number of esters is 1. The molecular weight excluding hydrogens is 144 g/mol. The summed E-state index contributed by atoms with van der Waals surface area (Å²) in [5, 5.41) is 8.99. The third-order valence-electron chi connectivity index (χ3n) is 1.48. The van der Waals surface area contributed by atoms with Crippen molar-refractivity contribution in [3.63, 3.8) is 0 Å². The SMILES string of the molecule is C=CC(=O)OCC(C)C(C)O. The maximum Gasteiger partial charge on any atom is 0.330 e. The van der Waals surface area contributed by atoms with Gasteiger partial charge in [-0.25, -0.2) is 4.79 Å². The zero-order valence-electron chi connectivity index (χ0n) is 6.91. The van der Waals surface area contributed by atoms with Crippen LogP contribution >= 0.6 is 0 Å². The summed E-state index contributed by atoms with van der Waals surface area (Å²) in [4.78, 5) is 10.5. The molecule has 0 fully saturated rings. The largest absolute Gasteiger partial charge is 0.462 e. The molecule has 0 spiro atoms. The minimum atomic E-state index is -0.451. The topological polar surface area (TPSA) is 46.5 Å². The predicted molar refractivity (Wildman–Crippen MR) is 42.0 cm³/mol. The molecule has 11 heavy (non-hydrogen) atoms. The van der Waals surface area contributed by atoms with Gasteiger partial charge in [-0.15, -0.1) is 0 Å². The van der Waals surface area contributed by atoms with E-state index in [4.69, 9.17) is 9.84 Å². The number of aliphatic hydroxyl groups is 1. The molecule has 3 nitrogen and oxygen atoms in total. The third-order valence-corrected chi connectivity index (χ3v) is 1.48. The molecule has 0 radical (unpaired) electrons. The fourth-order valence-electron chi connectivity index (χ4n) is 0.412. The zero-order chi connectivity index (χ0) is 8.85. The van der Waals surface area contributed by atoms with Crippen LogP contribution in [0.5, 0.6) is 0 Å². The first-order valence-electron chi connectivity index (χ1n) is 3.55. The molecule has 0 aromatic rings. The summed E-state index contributed by atoms with van der Waals surface area (Å²) in [5.41, 5.74) is 0. The molecule has 0 aliphatic heterocycles. The van der Waals surface area contributed by atoms with Gasteiger partial charge < -0.3 is 9.84 Å².